The van der Waals surface area contributed by atoms with Crippen molar-refractivity contribution >= 4 is 28.4 Å². The SMILES string of the molecule is COC(=O)C(Cc1c[nH]c2ccccc12)NC(=O)c1cccc(OCc2cn3cc(C)ccc3n2)c1. The van der Waals surface area contributed by atoms with Gasteiger partial charge in [0.15, 0.2) is 0 Å². The Hall–Kier alpha value is -4.59. The largest absolute Gasteiger partial charge is 0.487 e. The predicted molar refractivity (Wildman–Crippen MR) is 136 cm³/mol. The Labute approximate surface area is 207 Å². The summed E-state index contributed by atoms with van der Waals surface area (Å²) < 4.78 is 12.8. The number of fused-ring (bicyclic) bond motifs is 2. The number of amides is 1. The van der Waals surface area contributed by atoms with Crippen molar-refractivity contribution in [3.63, 3.8) is 0 Å². The van der Waals surface area contributed by atoms with Gasteiger partial charge in [-0.15, -0.1) is 0 Å². The monoisotopic (exact) mass is 482 g/mol. The van der Waals surface area contributed by atoms with Crippen LogP contribution < -0.4 is 10.1 Å². The van der Waals surface area contributed by atoms with Crippen LogP contribution in [0, 0.1) is 6.92 Å². The number of pyridine rings is 1. The summed E-state index contributed by atoms with van der Waals surface area (Å²) in [4.78, 5) is 33.3. The highest BCUT2D eigenvalue weighted by Crippen LogP contribution is 2.20. The molecule has 1 atom stereocenters. The first-order valence-electron chi connectivity index (χ1n) is 11.6. The first-order chi connectivity index (χ1) is 17.5. The number of imidazole rings is 1. The number of esters is 1. The molecule has 5 aromatic rings. The van der Waals surface area contributed by atoms with E-state index >= 15 is 0 Å². The maximum Gasteiger partial charge on any atom is 0.328 e. The number of carbonyl (C=O) groups excluding carboxylic acids is 2. The number of carbonyl (C=O) groups is 2. The Balaban J connectivity index is 1.28. The van der Waals surface area contributed by atoms with Crippen LogP contribution >= 0.6 is 0 Å². The molecule has 2 aromatic carbocycles. The van der Waals surface area contributed by atoms with Crippen molar-refractivity contribution in [2.45, 2.75) is 26.0 Å². The highest BCUT2D eigenvalue weighted by atomic mass is 16.5. The van der Waals surface area contributed by atoms with Crippen LogP contribution in [0.4, 0.5) is 0 Å². The lowest BCUT2D eigenvalue weighted by Crippen LogP contribution is -2.43. The molecule has 2 N–H and O–H groups in total. The number of nitrogens with zero attached hydrogens (tertiary/aromatic N) is 2. The van der Waals surface area contributed by atoms with Crippen molar-refractivity contribution < 1.29 is 19.1 Å². The summed E-state index contributed by atoms with van der Waals surface area (Å²) in [6.45, 7) is 2.29. The first kappa shape index (κ1) is 23.2. The molecule has 182 valence electrons. The zero-order valence-electron chi connectivity index (χ0n) is 20.0. The quantitative estimate of drug-likeness (QED) is 0.323. The second-order valence-corrected chi connectivity index (χ2v) is 8.63. The molecule has 3 heterocycles. The number of rotatable bonds is 8. The second kappa shape index (κ2) is 9.95. The Morgan fingerprint density at radius 1 is 1.08 bits per heavy atom. The minimum absolute atomic E-state index is 0.261. The predicted octanol–water partition coefficient (Wildman–Crippen LogP) is 4.22. The molecule has 3 aromatic heterocycles. The maximum atomic E-state index is 13.0. The van der Waals surface area contributed by atoms with E-state index in [1.54, 1.807) is 24.3 Å². The van der Waals surface area contributed by atoms with Crippen LogP contribution in [0.25, 0.3) is 16.6 Å². The number of hydrogen-bond donors (Lipinski definition) is 2. The highest BCUT2D eigenvalue weighted by Gasteiger charge is 2.24. The summed E-state index contributed by atoms with van der Waals surface area (Å²) in [7, 11) is 1.31. The smallest absolute Gasteiger partial charge is 0.328 e. The highest BCUT2D eigenvalue weighted by molar-refractivity contribution is 5.97. The van der Waals surface area contributed by atoms with Crippen LogP contribution in [0.15, 0.2) is 79.3 Å². The molecule has 36 heavy (non-hydrogen) atoms. The van der Waals surface area contributed by atoms with Crippen LogP contribution in [0.3, 0.4) is 0 Å². The number of H-pyrrole nitrogens is 1. The van der Waals surface area contributed by atoms with Crippen molar-refractivity contribution in [2.75, 3.05) is 7.11 Å². The van der Waals surface area contributed by atoms with E-state index in [4.69, 9.17) is 9.47 Å². The van der Waals surface area contributed by atoms with Gasteiger partial charge in [0.25, 0.3) is 5.91 Å². The van der Waals surface area contributed by atoms with Gasteiger partial charge in [-0.05, 0) is 48.4 Å². The normalized spacial score (nSPS) is 11.9. The molecule has 8 nitrogen and oxygen atoms in total. The summed E-state index contributed by atoms with van der Waals surface area (Å²) in [5, 5.41) is 3.81. The van der Waals surface area contributed by atoms with E-state index in [0.717, 1.165) is 33.4 Å². The van der Waals surface area contributed by atoms with Gasteiger partial charge in [0.2, 0.25) is 0 Å². The Bertz CT molecular complexity index is 1550. The molecular weight excluding hydrogens is 456 g/mol. The third kappa shape index (κ3) is 4.93. The third-order valence-electron chi connectivity index (χ3n) is 6.02. The number of nitrogens with one attached hydrogen (secondary N) is 2. The van der Waals surface area contributed by atoms with Crippen molar-refractivity contribution in [3.8, 4) is 5.75 Å². The number of aryl methyl sites for hydroxylation is 1. The summed E-state index contributed by atoms with van der Waals surface area (Å²) >= 11 is 0. The second-order valence-electron chi connectivity index (χ2n) is 8.63. The number of aromatic amines is 1. The third-order valence-corrected chi connectivity index (χ3v) is 6.02. The minimum atomic E-state index is -0.840. The van der Waals surface area contributed by atoms with E-state index in [-0.39, 0.29) is 12.5 Å². The van der Waals surface area contributed by atoms with Crippen LogP contribution in [0.1, 0.15) is 27.2 Å². The standard InChI is InChI=1S/C28H26N4O4/c1-18-10-11-26-30-21(16-32(26)15-18)17-36-22-7-5-6-19(12-22)27(33)31-25(28(34)35-2)13-20-14-29-24-9-4-3-8-23(20)24/h3-12,14-16,25,29H,13,17H2,1-2H3,(H,31,33). The van der Waals surface area contributed by atoms with Crippen molar-refractivity contribution in [1.29, 1.82) is 0 Å². The van der Waals surface area contributed by atoms with Gasteiger partial charge in [-0.25, -0.2) is 9.78 Å². The van der Waals surface area contributed by atoms with Gasteiger partial charge in [0, 0.05) is 41.5 Å². The Kier molecular flexibility index (Phi) is 6.40. The molecular formula is C28H26N4O4. The minimum Gasteiger partial charge on any atom is -0.487 e. The average molecular weight is 483 g/mol. The molecule has 0 bridgehead atoms. The zero-order chi connectivity index (χ0) is 25.1. The summed E-state index contributed by atoms with van der Waals surface area (Å²) in [6.07, 6.45) is 6.07. The van der Waals surface area contributed by atoms with Crippen LogP contribution in [-0.2, 0) is 22.6 Å². The molecule has 5 rings (SSSR count). The summed E-state index contributed by atoms with van der Waals surface area (Å²) in [6, 6.07) is 17.8. The number of ether oxygens (including phenoxy) is 2. The number of benzene rings is 2. The fourth-order valence-electron chi connectivity index (χ4n) is 4.21. The fraction of sp³-hybridized carbons (Fsp3) is 0.179. The molecule has 0 saturated heterocycles. The zero-order valence-corrected chi connectivity index (χ0v) is 20.0. The van der Waals surface area contributed by atoms with Gasteiger partial charge in [0.05, 0.1) is 12.8 Å². The molecule has 0 radical (unpaired) electrons. The molecule has 1 amide bonds. The van der Waals surface area contributed by atoms with E-state index < -0.39 is 12.0 Å². The number of hydrogen-bond acceptors (Lipinski definition) is 5. The molecule has 8 heteroatoms. The van der Waals surface area contributed by atoms with Gasteiger partial charge in [-0.2, -0.15) is 0 Å². The van der Waals surface area contributed by atoms with Crippen LogP contribution in [0.2, 0.25) is 0 Å². The molecule has 0 aliphatic rings. The molecule has 0 saturated carbocycles. The van der Waals surface area contributed by atoms with Crippen molar-refractivity contribution in [3.05, 3.63) is 102 Å². The molecule has 1 unspecified atom stereocenters. The van der Waals surface area contributed by atoms with Crippen LogP contribution in [0.5, 0.6) is 5.75 Å². The van der Waals surface area contributed by atoms with E-state index in [2.05, 4.69) is 15.3 Å². The lowest BCUT2D eigenvalue weighted by molar-refractivity contribution is -0.142. The van der Waals surface area contributed by atoms with Gasteiger partial charge >= 0.3 is 5.97 Å². The maximum absolute atomic E-state index is 13.0. The molecule has 0 spiro atoms. The number of aromatic nitrogens is 3. The van der Waals surface area contributed by atoms with Crippen molar-refractivity contribution in [1.82, 2.24) is 19.7 Å². The van der Waals surface area contributed by atoms with E-state index in [1.807, 2.05) is 66.3 Å². The summed E-state index contributed by atoms with van der Waals surface area (Å²) in [5.41, 5.74) is 5.03. The first-order valence-corrected chi connectivity index (χ1v) is 11.6. The van der Waals surface area contributed by atoms with Gasteiger partial charge in [-0.3, -0.25) is 4.79 Å². The van der Waals surface area contributed by atoms with E-state index in [9.17, 15) is 9.59 Å². The Morgan fingerprint density at radius 3 is 2.81 bits per heavy atom. The molecule has 0 aliphatic carbocycles. The molecule has 0 aliphatic heterocycles. The van der Waals surface area contributed by atoms with Crippen molar-refractivity contribution in [2.24, 2.45) is 0 Å². The Morgan fingerprint density at radius 2 is 1.94 bits per heavy atom. The van der Waals surface area contributed by atoms with E-state index in [1.165, 1.54) is 7.11 Å². The molecule has 0 fully saturated rings. The lowest BCUT2D eigenvalue weighted by atomic mass is 10.0. The van der Waals surface area contributed by atoms with Gasteiger partial charge < -0.3 is 24.2 Å². The number of para-hydroxylation sites is 1. The average Bonchev–Trinajstić information content (AvgIpc) is 3.50. The van der Waals surface area contributed by atoms with Crippen LogP contribution in [-0.4, -0.2) is 39.4 Å². The van der Waals surface area contributed by atoms with E-state index in [0.29, 0.717) is 17.7 Å². The fourth-order valence-corrected chi connectivity index (χ4v) is 4.21. The number of methoxy groups -OCH3 is 1. The lowest BCUT2D eigenvalue weighted by Gasteiger charge is -2.16. The topological polar surface area (TPSA) is 97.7 Å². The summed E-state index contributed by atoms with van der Waals surface area (Å²) in [5.74, 6) is -0.371. The van der Waals surface area contributed by atoms with Gasteiger partial charge in [-0.1, -0.05) is 30.3 Å². The van der Waals surface area contributed by atoms with Gasteiger partial charge in [0.1, 0.15) is 24.0 Å².